The van der Waals surface area contributed by atoms with Crippen molar-refractivity contribution >= 4 is 5.91 Å². The number of benzene rings is 1. The van der Waals surface area contributed by atoms with Gasteiger partial charge in [0.05, 0.1) is 12.1 Å². The first kappa shape index (κ1) is 17.7. The maximum absolute atomic E-state index is 12.9. The highest BCUT2D eigenvalue weighted by molar-refractivity contribution is 5.90. The number of nitriles is 1. The average molecular weight is 361 g/mol. The van der Waals surface area contributed by atoms with Crippen molar-refractivity contribution in [1.29, 1.82) is 5.26 Å². The highest BCUT2D eigenvalue weighted by atomic mass is 16.5. The van der Waals surface area contributed by atoms with E-state index in [-0.39, 0.29) is 17.4 Å². The van der Waals surface area contributed by atoms with E-state index in [0.29, 0.717) is 19.6 Å². The van der Waals surface area contributed by atoms with Crippen molar-refractivity contribution in [2.24, 2.45) is 10.8 Å². The highest BCUT2D eigenvalue weighted by Gasteiger charge is 2.72. The maximum atomic E-state index is 12.9. The van der Waals surface area contributed by atoms with E-state index in [4.69, 9.17) is 4.74 Å². The Labute approximate surface area is 159 Å². The number of carbonyl (C=O) groups excluding carboxylic acids is 1. The van der Waals surface area contributed by atoms with Crippen LogP contribution in [0.25, 0.3) is 11.1 Å². The lowest BCUT2D eigenvalue weighted by Gasteiger charge is -2.26. The van der Waals surface area contributed by atoms with Crippen molar-refractivity contribution in [3.63, 3.8) is 0 Å². The molecular weight excluding hydrogens is 338 g/mol. The fourth-order valence-electron chi connectivity index (χ4n) is 4.27. The third-order valence-electron chi connectivity index (χ3n) is 6.18. The second-order valence-corrected chi connectivity index (χ2v) is 7.64. The van der Waals surface area contributed by atoms with E-state index in [1.807, 2.05) is 43.3 Å². The van der Waals surface area contributed by atoms with E-state index in [1.54, 1.807) is 12.4 Å². The number of hydrogen-bond acceptors (Lipinski definition) is 4. The maximum Gasteiger partial charge on any atom is 0.241 e. The van der Waals surface area contributed by atoms with Crippen molar-refractivity contribution in [2.75, 3.05) is 13.2 Å². The van der Waals surface area contributed by atoms with Gasteiger partial charge < -0.3 is 10.1 Å². The molecule has 2 unspecified atom stereocenters. The first-order chi connectivity index (χ1) is 13.1. The molecule has 1 saturated heterocycles. The van der Waals surface area contributed by atoms with E-state index in [9.17, 15) is 10.1 Å². The molecule has 138 valence electrons. The average Bonchev–Trinajstić information content (AvgIpc) is 3.36. The molecule has 2 aromatic rings. The summed E-state index contributed by atoms with van der Waals surface area (Å²) < 4.78 is 5.42. The summed E-state index contributed by atoms with van der Waals surface area (Å²) in [6, 6.07) is 14.3. The Morgan fingerprint density at radius 2 is 1.78 bits per heavy atom. The monoisotopic (exact) mass is 361 g/mol. The summed E-state index contributed by atoms with van der Waals surface area (Å²) in [6.07, 6.45) is 5.79. The number of nitrogens with one attached hydrogen (secondary N) is 1. The molecule has 1 spiro atoms. The third kappa shape index (κ3) is 3.00. The summed E-state index contributed by atoms with van der Waals surface area (Å²) in [5.74, 6) is -0.141. The van der Waals surface area contributed by atoms with Gasteiger partial charge in [-0.05, 0) is 55.0 Å². The van der Waals surface area contributed by atoms with Crippen molar-refractivity contribution in [3.05, 3.63) is 54.4 Å². The summed E-state index contributed by atoms with van der Waals surface area (Å²) in [6.45, 7) is 3.24. The second kappa shape index (κ2) is 6.79. The minimum Gasteiger partial charge on any atom is -0.381 e. The molecule has 5 nitrogen and oxygen atoms in total. The molecule has 1 amide bonds. The first-order valence-corrected chi connectivity index (χ1v) is 9.41. The van der Waals surface area contributed by atoms with Crippen LogP contribution in [-0.2, 0) is 9.53 Å². The smallest absolute Gasteiger partial charge is 0.241 e. The van der Waals surface area contributed by atoms with Crippen molar-refractivity contribution in [3.8, 4) is 17.2 Å². The molecule has 2 fully saturated rings. The predicted molar refractivity (Wildman–Crippen MR) is 101 cm³/mol. The molecule has 2 atom stereocenters. The van der Waals surface area contributed by atoms with Gasteiger partial charge in [0.1, 0.15) is 5.41 Å². The number of carbonyl (C=O) groups is 1. The summed E-state index contributed by atoms with van der Waals surface area (Å²) in [7, 11) is 0. The molecule has 1 aromatic heterocycles. The molecule has 0 radical (unpaired) electrons. The third-order valence-corrected chi connectivity index (χ3v) is 6.18. The summed E-state index contributed by atoms with van der Waals surface area (Å²) in [4.78, 5) is 17.0. The molecule has 1 N–H and O–H groups in total. The lowest BCUT2D eigenvalue weighted by Crippen LogP contribution is -2.38. The normalized spacial score (nSPS) is 24.0. The molecule has 1 aliphatic carbocycles. The van der Waals surface area contributed by atoms with Crippen LogP contribution in [0, 0.1) is 22.2 Å². The Morgan fingerprint density at radius 1 is 1.15 bits per heavy atom. The van der Waals surface area contributed by atoms with Gasteiger partial charge in [0.25, 0.3) is 0 Å². The van der Waals surface area contributed by atoms with Crippen LogP contribution in [-0.4, -0.2) is 24.1 Å². The van der Waals surface area contributed by atoms with Gasteiger partial charge in [0.2, 0.25) is 5.91 Å². The lowest BCUT2D eigenvalue weighted by atomic mass is 9.86. The SMILES string of the molecule is CC(NC(=O)C1(C#N)CC12CCOCC2)c1ccc(-c2ccncc2)cc1. The topological polar surface area (TPSA) is 75.0 Å². The quantitative estimate of drug-likeness (QED) is 0.902. The van der Waals surface area contributed by atoms with Crippen LogP contribution in [0.3, 0.4) is 0 Å². The Hall–Kier alpha value is -2.71. The van der Waals surface area contributed by atoms with Gasteiger partial charge in [-0.2, -0.15) is 5.26 Å². The number of hydrogen-bond donors (Lipinski definition) is 1. The number of aromatic nitrogens is 1. The highest BCUT2D eigenvalue weighted by Crippen LogP contribution is 2.68. The van der Waals surface area contributed by atoms with Crippen LogP contribution in [0.4, 0.5) is 0 Å². The predicted octanol–water partition coefficient (Wildman–Crippen LogP) is 3.64. The van der Waals surface area contributed by atoms with Gasteiger partial charge in [-0.3, -0.25) is 9.78 Å². The number of pyridine rings is 1. The molecule has 2 aliphatic rings. The Bertz CT molecular complexity index is 867. The van der Waals surface area contributed by atoms with Gasteiger partial charge in [-0.15, -0.1) is 0 Å². The van der Waals surface area contributed by atoms with Crippen LogP contribution in [0.1, 0.15) is 37.8 Å². The zero-order valence-corrected chi connectivity index (χ0v) is 15.4. The molecule has 1 saturated carbocycles. The zero-order chi connectivity index (χ0) is 18.9. The Morgan fingerprint density at radius 3 is 2.41 bits per heavy atom. The number of ether oxygens (including phenoxy) is 1. The summed E-state index contributed by atoms with van der Waals surface area (Å²) in [5, 5.41) is 12.8. The van der Waals surface area contributed by atoms with E-state index in [2.05, 4.69) is 16.4 Å². The van der Waals surface area contributed by atoms with Gasteiger partial charge in [-0.1, -0.05) is 24.3 Å². The molecule has 0 bridgehead atoms. The first-order valence-electron chi connectivity index (χ1n) is 9.41. The molecule has 4 rings (SSSR count). The largest absolute Gasteiger partial charge is 0.381 e. The van der Waals surface area contributed by atoms with E-state index in [1.165, 1.54) is 0 Å². The van der Waals surface area contributed by atoms with Gasteiger partial charge in [0.15, 0.2) is 0 Å². The fraction of sp³-hybridized carbons (Fsp3) is 0.409. The molecule has 1 aliphatic heterocycles. The van der Waals surface area contributed by atoms with Gasteiger partial charge >= 0.3 is 0 Å². The summed E-state index contributed by atoms with van der Waals surface area (Å²) >= 11 is 0. The second-order valence-electron chi connectivity index (χ2n) is 7.64. The van der Waals surface area contributed by atoms with Crippen LogP contribution in [0.5, 0.6) is 0 Å². The molecule has 1 aromatic carbocycles. The van der Waals surface area contributed by atoms with E-state index < -0.39 is 5.41 Å². The molecular formula is C22H23N3O2. The lowest BCUT2D eigenvalue weighted by molar-refractivity contribution is -0.127. The minimum absolute atomic E-state index is 0.141. The summed E-state index contributed by atoms with van der Waals surface area (Å²) in [5.41, 5.74) is 2.17. The van der Waals surface area contributed by atoms with Gasteiger partial charge in [0, 0.05) is 31.0 Å². The van der Waals surface area contributed by atoms with Gasteiger partial charge in [-0.25, -0.2) is 0 Å². The van der Waals surface area contributed by atoms with Crippen molar-refractivity contribution < 1.29 is 9.53 Å². The van der Waals surface area contributed by atoms with E-state index >= 15 is 0 Å². The van der Waals surface area contributed by atoms with Crippen molar-refractivity contribution in [2.45, 2.75) is 32.2 Å². The van der Waals surface area contributed by atoms with Crippen LogP contribution < -0.4 is 5.32 Å². The van der Waals surface area contributed by atoms with E-state index in [0.717, 1.165) is 29.5 Å². The number of rotatable bonds is 4. The van der Waals surface area contributed by atoms with Crippen molar-refractivity contribution in [1.82, 2.24) is 10.3 Å². The van der Waals surface area contributed by atoms with Crippen LogP contribution in [0.15, 0.2) is 48.8 Å². The van der Waals surface area contributed by atoms with Crippen LogP contribution in [0.2, 0.25) is 0 Å². The standard InChI is InChI=1S/C22H23N3O2/c1-16(17-2-4-18(5-3-17)19-6-10-24-11-7-19)25-20(26)22(15-23)14-21(22)8-12-27-13-9-21/h2-7,10-11,16H,8-9,12-14H2,1H3,(H,25,26). The molecule has 5 heteroatoms. The molecule has 27 heavy (non-hydrogen) atoms. The number of amides is 1. The zero-order valence-electron chi connectivity index (χ0n) is 15.4. The Kier molecular flexibility index (Phi) is 4.45. The minimum atomic E-state index is -0.887. The number of nitrogens with zero attached hydrogens (tertiary/aromatic N) is 2. The molecule has 2 heterocycles. The Balaban J connectivity index is 1.45. The van der Waals surface area contributed by atoms with Crippen LogP contribution >= 0.6 is 0 Å². The fourth-order valence-corrected chi connectivity index (χ4v) is 4.27.